The van der Waals surface area contributed by atoms with Crippen LogP contribution in [0.15, 0.2) is 70.2 Å². The van der Waals surface area contributed by atoms with Crippen LogP contribution < -0.4 is 25.0 Å². The fraction of sp³-hybridized carbons (Fsp3) is 0.250. The van der Waals surface area contributed by atoms with E-state index >= 15 is 0 Å². The summed E-state index contributed by atoms with van der Waals surface area (Å²) in [4.78, 5) is 26.1. The van der Waals surface area contributed by atoms with Crippen LogP contribution >= 0.6 is 39.1 Å². The Morgan fingerprint density at radius 1 is 1.05 bits per heavy atom. The number of nitrogens with zero attached hydrogens (tertiary/aromatic N) is 1. The lowest BCUT2D eigenvalue weighted by Gasteiger charge is -2.21. The van der Waals surface area contributed by atoms with Crippen LogP contribution in [-0.2, 0) is 16.0 Å². The van der Waals surface area contributed by atoms with Crippen molar-refractivity contribution < 1.29 is 23.8 Å². The second-order valence-corrected chi connectivity index (χ2v) is 9.99. The summed E-state index contributed by atoms with van der Waals surface area (Å²) in [5.41, 5.74) is 4.03. The molecular weight excluding hydrogens is 609 g/mol. The van der Waals surface area contributed by atoms with E-state index in [1.165, 1.54) is 12.3 Å². The van der Waals surface area contributed by atoms with Crippen molar-refractivity contribution in [3.05, 3.63) is 86.3 Å². The zero-order chi connectivity index (χ0) is 28.4. The van der Waals surface area contributed by atoms with Gasteiger partial charge in [-0.1, -0.05) is 53.5 Å². The van der Waals surface area contributed by atoms with E-state index in [4.69, 9.17) is 37.4 Å². The Morgan fingerprint density at radius 2 is 1.79 bits per heavy atom. The molecule has 0 aliphatic carbocycles. The van der Waals surface area contributed by atoms with E-state index in [1.807, 2.05) is 37.3 Å². The number of rotatable bonds is 12. The Labute approximate surface area is 245 Å². The topological polar surface area (TPSA) is 98.2 Å². The molecule has 0 aliphatic heterocycles. The van der Waals surface area contributed by atoms with Crippen LogP contribution in [0.25, 0.3) is 0 Å². The largest absolute Gasteiger partial charge is 0.492 e. The standard InChI is InChI=1S/C28H28BrCl2N3O5/c1-4-38-25-14-19(12-21(29)26(25)37-3)16-32-34-28(36)23(13-18-8-6-5-7-9-18)33-27(35)17(2)39-24-11-10-20(30)15-22(24)31/h5-12,14-17,23H,4,13H2,1-3H3,(H,33,35)(H,34,36)/b32-16-/t17-,23+/m1/s1. The summed E-state index contributed by atoms with van der Waals surface area (Å²) < 4.78 is 17.4. The quantitative estimate of drug-likeness (QED) is 0.193. The molecule has 2 amide bonds. The van der Waals surface area contributed by atoms with Crippen molar-refractivity contribution in [2.24, 2.45) is 5.10 Å². The maximum atomic E-state index is 13.1. The lowest BCUT2D eigenvalue weighted by Crippen LogP contribution is -2.50. The number of hydrogen-bond donors (Lipinski definition) is 2. The molecule has 11 heteroatoms. The molecule has 39 heavy (non-hydrogen) atoms. The van der Waals surface area contributed by atoms with Crippen molar-refractivity contribution in [3.8, 4) is 17.2 Å². The molecule has 0 aromatic heterocycles. The van der Waals surface area contributed by atoms with Crippen LogP contribution in [0.4, 0.5) is 0 Å². The van der Waals surface area contributed by atoms with Crippen LogP contribution in [0, 0.1) is 0 Å². The number of benzene rings is 3. The molecule has 0 fully saturated rings. The Balaban J connectivity index is 1.73. The SMILES string of the molecule is CCOc1cc(/C=N\NC(=O)[C@H](Cc2ccccc2)NC(=O)[C@@H](C)Oc2ccc(Cl)cc2Cl)cc(Br)c1OC. The van der Waals surface area contributed by atoms with Crippen LogP contribution in [0.5, 0.6) is 17.2 Å². The van der Waals surface area contributed by atoms with E-state index in [9.17, 15) is 9.59 Å². The normalized spacial score (nSPS) is 12.5. The number of ether oxygens (including phenoxy) is 3. The number of halogens is 3. The number of hydrazone groups is 1. The van der Waals surface area contributed by atoms with Gasteiger partial charge in [-0.3, -0.25) is 9.59 Å². The van der Waals surface area contributed by atoms with Gasteiger partial charge in [0.15, 0.2) is 17.6 Å². The molecule has 206 valence electrons. The van der Waals surface area contributed by atoms with Gasteiger partial charge in [0.1, 0.15) is 11.8 Å². The fourth-order valence-corrected chi connectivity index (χ4v) is 4.61. The molecule has 2 N–H and O–H groups in total. The summed E-state index contributed by atoms with van der Waals surface area (Å²) in [6.07, 6.45) is 0.775. The molecular formula is C28H28BrCl2N3O5. The average Bonchev–Trinajstić information content (AvgIpc) is 2.90. The van der Waals surface area contributed by atoms with Gasteiger partial charge >= 0.3 is 0 Å². The van der Waals surface area contributed by atoms with Gasteiger partial charge in [0.2, 0.25) is 0 Å². The highest BCUT2D eigenvalue weighted by molar-refractivity contribution is 9.10. The number of amides is 2. The molecule has 0 saturated heterocycles. The predicted octanol–water partition coefficient (Wildman–Crippen LogP) is 5.81. The van der Waals surface area contributed by atoms with Gasteiger partial charge < -0.3 is 19.5 Å². The van der Waals surface area contributed by atoms with Crippen molar-refractivity contribution in [2.75, 3.05) is 13.7 Å². The molecule has 2 atom stereocenters. The summed E-state index contributed by atoms with van der Waals surface area (Å²) in [6, 6.07) is 16.6. The summed E-state index contributed by atoms with van der Waals surface area (Å²) >= 11 is 15.5. The zero-order valence-corrected chi connectivity index (χ0v) is 24.6. The molecule has 3 aromatic rings. The Bertz CT molecular complexity index is 1320. The molecule has 0 spiro atoms. The highest BCUT2D eigenvalue weighted by Crippen LogP contribution is 2.36. The molecule has 3 rings (SSSR count). The van der Waals surface area contributed by atoms with Gasteiger partial charge in [0.05, 0.1) is 29.4 Å². The summed E-state index contributed by atoms with van der Waals surface area (Å²) in [5.74, 6) is 0.389. The van der Waals surface area contributed by atoms with Crippen LogP contribution in [-0.4, -0.2) is 43.9 Å². The minimum absolute atomic E-state index is 0.241. The fourth-order valence-electron chi connectivity index (χ4n) is 3.53. The number of carbonyl (C=O) groups is 2. The lowest BCUT2D eigenvalue weighted by molar-refractivity contribution is -0.132. The second kappa shape index (κ2) is 14.8. The van der Waals surface area contributed by atoms with Gasteiger partial charge in [-0.05, 0) is 71.2 Å². The second-order valence-electron chi connectivity index (χ2n) is 8.29. The van der Waals surface area contributed by atoms with Gasteiger partial charge in [-0.2, -0.15) is 5.10 Å². The first-order chi connectivity index (χ1) is 18.7. The van der Waals surface area contributed by atoms with Crippen LogP contribution in [0.3, 0.4) is 0 Å². The molecule has 0 aliphatic rings. The molecule has 0 unspecified atom stereocenters. The molecule has 0 saturated carbocycles. The summed E-state index contributed by atoms with van der Waals surface area (Å²) in [6.45, 7) is 3.88. The minimum atomic E-state index is -0.938. The van der Waals surface area contributed by atoms with Crippen molar-refractivity contribution >= 4 is 57.2 Å². The third-order valence-electron chi connectivity index (χ3n) is 5.41. The van der Waals surface area contributed by atoms with E-state index in [1.54, 1.807) is 38.3 Å². The summed E-state index contributed by atoms with van der Waals surface area (Å²) in [5, 5.41) is 7.56. The molecule has 0 heterocycles. The highest BCUT2D eigenvalue weighted by Gasteiger charge is 2.25. The molecule has 8 nitrogen and oxygen atoms in total. The van der Waals surface area contributed by atoms with E-state index in [-0.39, 0.29) is 11.4 Å². The maximum Gasteiger partial charge on any atom is 0.262 e. The Kier molecular flexibility index (Phi) is 11.5. The highest BCUT2D eigenvalue weighted by atomic mass is 79.9. The predicted molar refractivity (Wildman–Crippen MR) is 156 cm³/mol. The minimum Gasteiger partial charge on any atom is -0.492 e. The first-order valence-corrected chi connectivity index (χ1v) is 13.6. The van der Waals surface area contributed by atoms with Gasteiger partial charge in [0, 0.05) is 11.4 Å². The van der Waals surface area contributed by atoms with Crippen LogP contribution in [0.1, 0.15) is 25.0 Å². The number of carbonyl (C=O) groups excluding carboxylic acids is 2. The first-order valence-electron chi connectivity index (χ1n) is 12.0. The van der Waals surface area contributed by atoms with Gasteiger partial charge in [-0.15, -0.1) is 0 Å². The van der Waals surface area contributed by atoms with E-state index in [2.05, 4.69) is 31.8 Å². The zero-order valence-electron chi connectivity index (χ0n) is 21.5. The van der Waals surface area contributed by atoms with E-state index in [0.29, 0.717) is 38.9 Å². The molecule has 0 radical (unpaired) electrons. The molecule has 3 aromatic carbocycles. The van der Waals surface area contributed by atoms with Crippen molar-refractivity contribution in [3.63, 3.8) is 0 Å². The third-order valence-corrected chi connectivity index (χ3v) is 6.53. The summed E-state index contributed by atoms with van der Waals surface area (Å²) in [7, 11) is 1.55. The number of hydrogen-bond acceptors (Lipinski definition) is 6. The maximum absolute atomic E-state index is 13.1. The Hall–Kier alpha value is -3.27. The van der Waals surface area contributed by atoms with Gasteiger partial charge in [-0.25, -0.2) is 5.43 Å². The van der Waals surface area contributed by atoms with Gasteiger partial charge in [0.25, 0.3) is 11.8 Å². The Morgan fingerprint density at radius 3 is 2.46 bits per heavy atom. The van der Waals surface area contributed by atoms with E-state index in [0.717, 1.165) is 5.56 Å². The average molecular weight is 637 g/mol. The molecule has 0 bridgehead atoms. The van der Waals surface area contributed by atoms with Crippen LogP contribution in [0.2, 0.25) is 10.0 Å². The lowest BCUT2D eigenvalue weighted by atomic mass is 10.1. The van der Waals surface area contributed by atoms with Crippen molar-refractivity contribution in [2.45, 2.75) is 32.4 Å². The monoisotopic (exact) mass is 635 g/mol. The smallest absolute Gasteiger partial charge is 0.262 e. The van der Waals surface area contributed by atoms with Crippen molar-refractivity contribution in [1.82, 2.24) is 10.7 Å². The number of nitrogens with one attached hydrogen (secondary N) is 2. The van der Waals surface area contributed by atoms with E-state index < -0.39 is 24.0 Å². The first kappa shape index (κ1) is 30.3. The third kappa shape index (κ3) is 8.88. The van der Waals surface area contributed by atoms with Crippen molar-refractivity contribution in [1.29, 1.82) is 0 Å². The number of methoxy groups -OCH3 is 1.